The maximum Gasteiger partial charge on any atom is 0.383 e. The summed E-state index contributed by atoms with van der Waals surface area (Å²) in [4.78, 5) is 12.3. The summed E-state index contributed by atoms with van der Waals surface area (Å²) < 4.78 is 55.6. The lowest BCUT2D eigenvalue weighted by Crippen LogP contribution is -2.57. The second kappa shape index (κ2) is 4.44. The Bertz CT molecular complexity index is 311. The molecule has 2 rings (SSSR count). The molecule has 0 radical (unpaired) electrons. The van der Waals surface area contributed by atoms with Crippen LogP contribution in [0.1, 0.15) is 19.3 Å². The van der Waals surface area contributed by atoms with E-state index >= 15 is 0 Å². The van der Waals surface area contributed by atoms with Crippen molar-refractivity contribution in [3.63, 3.8) is 0 Å². The SMILES string of the molecule is O=C(N1CCOC2CCCC21)C(F)(F)C(F)F. The Balaban J connectivity index is 2.13. The molecular formula is C10H13F4NO2. The van der Waals surface area contributed by atoms with Crippen molar-refractivity contribution in [3.8, 4) is 0 Å². The highest BCUT2D eigenvalue weighted by molar-refractivity contribution is 5.84. The zero-order valence-corrected chi connectivity index (χ0v) is 9.04. The summed E-state index contributed by atoms with van der Waals surface area (Å²) in [5.41, 5.74) is 0. The monoisotopic (exact) mass is 255 g/mol. The first-order valence-corrected chi connectivity index (χ1v) is 5.53. The molecule has 0 N–H and O–H groups in total. The zero-order valence-electron chi connectivity index (χ0n) is 9.04. The lowest BCUT2D eigenvalue weighted by molar-refractivity contribution is -0.190. The van der Waals surface area contributed by atoms with Gasteiger partial charge in [0.15, 0.2) is 0 Å². The Morgan fingerprint density at radius 3 is 2.71 bits per heavy atom. The fraction of sp³-hybridized carbons (Fsp3) is 0.900. The molecule has 0 aromatic carbocycles. The molecule has 0 aromatic heterocycles. The molecule has 1 amide bonds. The fourth-order valence-corrected chi connectivity index (χ4v) is 2.46. The van der Waals surface area contributed by atoms with Gasteiger partial charge in [-0.15, -0.1) is 0 Å². The quantitative estimate of drug-likeness (QED) is 0.702. The third-order valence-electron chi connectivity index (χ3n) is 3.30. The summed E-state index contributed by atoms with van der Waals surface area (Å²) in [6, 6.07) is -0.471. The fourth-order valence-electron chi connectivity index (χ4n) is 2.46. The number of halogens is 4. The zero-order chi connectivity index (χ0) is 12.6. The number of morpholine rings is 1. The summed E-state index contributed by atoms with van der Waals surface area (Å²) in [5.74, 6) is -6.36. The molecule has 0 aromatic rings. The molecule has 1 saturated heterocycles. The molecule has 1 heterocycles. The molecule has 17 heavy (non-hydrogen) atoms. The molecular weight excluding hydrogens is 242 g/mol. The minimum absolute atomic E-state index is 0.0394. The van der Waals surface area contributed by atoms with Crippen LogP contribution in [0.4, 0.5) is 17.6 Å². The number of hydrogen-bond donors (Lipinski definition) is 0. The highest BCUT2D eigenvalue weighted by Crippen LogP contribution is 2.33. The van der Waals surface area contributed by atoms with Crippen molar-refractivity contribution in [3.05, 3.63) is 0 Å². The van der Waals surface area contributed by atoms with E-state index in [0.29, 0.717) is 12.8 Å². The van der Waals surface area contributed by atoms with Gasteiger partial charge in [0, 0.05) is 6.54 Å². The normalized spacial score (nSPS) is 29.6. The van der Waals surface area contributed by atoms with E-state index in [1.165, 1.54) is 0 Å². The van der Waals surface area contributed by atoms with E-state index in [1.807, 2.05) is 0 Å². The van der Waals surface area contributed by atoms with Crippen LogP contribution in [0.3, 0.4) is 0 Å². The standard InChI is InChI=1S/C10H13F4NO2/c11-8(12)10(13,14)9(16)15-4-5-17-7-3-1-2-6(7)15/h6-8H,1-5H2. The molecule has 2 atom stereocenters. The van der Waals surface area contributed by atoms with Crippen LogP contribution in [0.2, 0.25) is 0 Å². The van der Waals surface area contributed by atoms with E-state index in [0.717, 1.165) is 11.3 Å². The first kappa shape index (κ1) is 12.6. The average Bonchev–Trinajstić information content (AvgIpc) is 2.75. The van der Waals surface area contributed by atoms with Gasteiger partial charge in [-0.2, -0.15) is 8.78 Å². The highest BCUT2D eigenvalue weighted by atomic mass is 19.3. The van der Waals surface area contributed by atoms with Crippen LogP contribution >= 0.6 is 0 Å². The van der Waals surface area contributed by atoms with Crippen LogP contribution in [-0.2, 0) is 9.53 Å². The summed E-state index contributed by atoms with van der Waals surface area (Å²) in [7, 11) is 0. The predicted molar refractivity (Wildman–Crippen MR) is 50.0 cm³/mol. The van der Waals surface area contributed by atoms with Crippen LogP contribution in [0.5, 0.6) is 0 Å². The van der Waals surface area contributed by atoms with E-state index < -0.39 is 24.3 Å². The van der Waals surface area contributed by atoms with Gasteiger partial charge in [-0.3, -0.25) is 4.79 Å². The van der Waals surface area contributed by atoms with Crippen LogP contribution in [0, 0.1) is 0 Å². The molecule has 0 spiro atoms. The van der Waals surface area contributed by atoms with Crippen molar-refractivity contribution >= 4 is 5.91 Å². The Morgan fingerprint density at radius 2 is 2.06 bits per heavy atom. The second-order valence-corrected chi connectivity index (χ2v) is 4.33. The first-order valence-electron chi connectivity index (χ1n) is 5.53. The molecule has 2 unspecified atom stereocenters. The van der Waals surface area contributed by atoms with E-state index in [9.17, 15) is 22.4 Å². The summed E-state index contributed by atoms with van der Waals surface area (Å²) >= 11 is 0. The average molecular weight is 255 g/mol. The number of amides is 1. The van der Waals surface area contributed by atoms with E-state index in [4.69, 9.17) is 4.74 Å². The number of fused-ring (bicyclic) bond motifs is 1. The third-order valence-corrected chi connectivity index (χ3v) is 3.30. The number of ether oxygens (including phenoxy) is 1. The van der Waals surface area contributed by atoms with E-state index in [2.05, 4.69) is 0 Å². The molecule has 3 nitrogen and oxygen atoms in total. The smallest absolute Gasteiger partial charge is 0.374 e. The van der Waals surface area contributed by atoms with Gasteiger partial charge in [0.25, 0.3) is 5.91 Å². The van der Waals surface area contributed by atoms with Gasteiger partial charge < -0.3 is 9.64 Å². The Kier molecular flexibility index (Phi) is 3.29. The topological polar surface area (TPSA) is 29.5 Å². The van der Waals surface area contributed by atoms with Gasteiger partial charge in [0.05, 0.1) is 18.8 Å². The second-order valence-electron chi connectivity index (χ2n) is 4.33. The minimum atomic E-state index is -4.59. The third kappa shape index (κ3) is 2.12. The van der Waals surface area contributed by atoms with Crippen molar-refractivity contribution < 1.29 is 27.1 Å². The molecule has 1 aliphatic heterocycles. The number of rotatable bonds is 2. The molecule has 2 fully saturated rings. The van der Waals surface area contributed by atoms with Crippen molar-refractivity contribution in [2.24, 2.45) is 0 Å². The molecule has 7 heteroatoms. The summed E-state index contributed by atoms with van der Waals surface area (Å²) in [5, 5.41) is 0. The van der Waals surface area contributed by atoms with Crippen LogP contribution < -0.4 is 0 Å². The van der Waals surface area contributed by atoms with Gasteiger partial charge in [-0.25, -0.2) is 8.78 Å². The van der Waals surface area contributed by atoms with Gasteiger partial charge in [0.1, 0.15) is 0 Å². The van der Waals surface area contributed by atoms with Gasteiger partial charge >= 0.3 is 12.3 Å². The molecule has 1 saturated carbocycles. The maximum atomic E-state index is 13.0. The Morgan fingerprint density at radius 1 is 1.35 bits per heavy atom. The predicted octanol–water partition coefficient (Wildman–Crippen LogP) is 1.67. The summed E-state index contributed by atoms with van der Waals surface area (Å²) in [6.07, 6.45) is -2.25. The first-order chi connectivity index (χ1) is 7.94. The molecule has 0 bridgehead atoms. The van der Waals surface area contributed by atoms with E-state index in [1.54, 1.807) is 0 Å². The van der Waals surface area contributed by atoms with Crippen LogP contribution in [-0.4, -0.2) is 48.5 Å². The van der Waals surface area contributed by atoms with Crippen molar-refractivity contribution in [2.45, 2.75) is 43.8 Å². The van der Waals surface area contributed by atoms with Crippen LogP contribution in [0.25, 0.3) is 0 Å². The van der Waals surface area contributed by atoms with Crippen molar-refractivity contribution in [2.75, 3.05) is 13.2 Å². The number of alkyl halides is 4. The van der Waals surface area contributed by atoms with Gasteiger partial charge in [-0.05, 0) is 19.3 Å². The Hall–Kier alpha value is -0.850. The van der Waals surface area contributed by atoms with Gasteiger partial charge in [-0.1, -0.05) is 0 Å². The van der Waals surface area contributed by atoms with E-state index in [-0.39, 0.29) is 19.3 Å². The molecule has 1 aliphatic carbocycles. The number of nitrogens with zero attached hydrogens (tertiary/aromatic N) is 1. The molecule has 2 aliphatic rings. The number of hydrogen-bond acceptors (Lipinski definition) is 2. The maximum absolute atomic E-state index is 13.0. The lowest BCUT2D eigenvalue weighted by atomic mass is 10.1. The van der Waals surface area contributed by atoms with Crippen LogP contribution in [0.15, 0.2) is 0 Å². The minimum Gasteiger partial charge on any atom is -0.374 e. The summed E-state index contributed by atoms with van der Waals surface area (Å²) in [6.45, 7) is 0.0918. The Labute approximate surface area is 95.7 Å². The van der Waals surface area contributed by atoms with Gasteiger partial charge in [0.2, 0.25) is 0 Å². The highest BCUT2D eigenvalue weighted by Gasteiger charge is 2.54. The number of carbonyl (C=O) groups excluding carboxylic acids is 1. The molecule has 98 valence electrons. The van der Waals surface area contributed by atoms with Crippen molar-refractivity contribution in [1.29, 1.82) is 0 Å². The lowest BCUT2D eigenvalue weighted by Gasteiger charge is -2.39. The largest absolute Gasteiger partial charge is 0.383 e. The number of carbonyl (C=O) groups is 1. The van der Waals surface area contributed by atoms with Crippen molar-refractivity contribution in [1.82, 2.24) is 4.90 Å².